The summed E-state index contributed by atoms with van der Waals surface area (Å²) >= 11 is 1.88. The Morgan fingerprint density at radius 2 is 1.89 bits per heavy atom. The lowest BCUT2D eigenvalue weighted by atomic mass is 10.1. The van der Waals surface area contributed by atoms with Crippen LogP contribution in [0.1, 0.15) is 82.9 Å². The maximum absolute atomic E-state index is 12.2. The molecule has 0 bridgehead atoms. The molecule has 3 rings (SSSR count). The monoisotopic (exact) mass is 528 g/mol. The average Bonchev–Trinajstić information content (AvgIpc) is 2.86. The molecule has 1 unspecified atom stereocenters. The summed E-state index contributed by atoms with van der Waals surface area (Å²) in [6.45, 7) is 9.03. The maximum Gasteiger partial charge on any atom is 0.311 e. The van der Waals surface area contributed by atoms with Gasteiger partial charge < -0.3 is 4.74 Å². The molecule has 0 N–H and O–H groups in total. The Morgan fingerprint density at radius 3 is 2.63 bits per heavy atom. The van der Waals surface area contributed by atoms with Crippen molar-refractivity contribution in [3.05, 3.63) is 53.1 Å². The highest BCUT2D eigenvalue weighted by molar-refractivity contribution is 8.94. The third kappa shape index (κ3) is 7.75. The molecular weight excluding hydrogens is 489 g/mol. The molecule has 1 heterocycles. The van der Waals surface area contributed by atoms with Crippen molar-refractivity contribution in [3.8, 4) is 17.6 Å². The van der Waals surface area contributed by atoms with Gasteiger partial charge in [-0.3, -0.25) is 4.79 Å². The van der Waals surface area contributed by atoms with Gasteiger partial charge in [0, 0.05) is 27.3 Å². The lowest BCUT2D eigenvalue weighted by Gasteiger charge is -2.43. The smallest absolute Gasteiger partial charge is 0.311 e. The molecule has 0 aliphatic carbocycles. The van der Waals surface area contributed by atoms with Gasteiger partial charge in [-0.1, -0.05) is 64.9 Å². The second-order valence-electron chi connectivity index (χ2n) is 8.77. The number of thioether (sulfide) groups is 1. The number of aryl methyl sites for hydroxylation is 1. The highest BCUT2D eigenvalue weighted by Gasteiger charge is 2.31. The molecule has 1 aliphatic heterocycles. The molecule has 2 aromatic carbocycles. The van der Waals surface area contributed by atoms with Crippen LogP contribution in [-0.2, 0) is 11.2 Å². The molecule has 1 aliphatic rings. The van der Waals surface area contributed by atoms with Gasteiger partial charge in [0.1, 0.15) is 5.75 Å². The van der Waals surface area contributed by atoms with Crippen LogP contribution in [0.25, 0.3) is 0 Å². The Hall–Kier alpha value is -1.48. The number of hydrogen-bond donors (Lipinski definition) is 0. The summed E-state index contributed by atoms with van der Waals surface area (Å²) in [4.78, 5) is 15.1. The minimum Gasteiger partial charge on any atom is -0.426 e. The van der Waals surface area contributed by atoms with Crippen molar-refractivity contribution < 1.29 is 9.53 Å². The molecule has 0 saturated carbocycles. The molecule has 1 atom stereocenters. The van der Waals surface area contributed by atoms with E-state index in [0.29, 0.717) is 12.2 Å². The fourth-order valence-electron chi connectivity index (χ4n) is 4.51. The summed E-state index contributed by atoms with van der Waals surface area (Å²) in [5.74, 6) is 12.0. The molecule has 35 heavy (non-hydrogen) atoms. The third-order valence-corrected chi connectivity index (χ3v) is 14.7. The predicted octanol–water partition coefficient (Wildman–Crippen LogP) is 8.87. The summed E-state index contributed by atoms with van der Waals surface area (Å²) in [5.41, 5.74) is 3.56. The fraction of sp³-hybridized carbons (Fsp3) is 0.500. The number of benzene rings is 2. The van der Waals surface area contributed by atoms with Crippen molar-refractivity contribution in [1.82, 2.24) is 0 Å². The van der Waals surface area contributed by atoms with Crippen molar-refractivity contribution in [2.45, 2.75) is 82.4 Å². The van der Waals surface area contributed by atoms with E-state index < -0.39 is 9.06 Å². The van der Waals surface area contributed by atoms with Gasteiger partial charge in [-0.05, 0) is 78.2 Å². The molecule has 2 aromatic rings. The van der Waals surface area contributed by atoms with Crippen LogP contribution >= 0.6 is 31.6 Å². The molecule has 190 valence electrons. The van der Waals surface area contributed by atoms with Crippen LogP contribution in [0.2, 0.25) is 0 Å². The molecule has 5 heteroatoms. The number of ether oxygens (including phenoxy) is 1. The van der Waals surface area contributed by atoms with Crippen molar-refractivity contribution in [1.29, 1.82) is 0 Å². The topological polar surface area (TPSA) is 26.3 Å². The summed E-state index contributed by atoms with van der Waals surface area (Å²) in [6, 6.07) is 12.5. The Balaban J connectivity index is 1.85. The number of carbonyl (C=O) groups excluding carboxylic acids is 1. The average molecular weight is 529 g/mol. The first-order valence-electron chi connectivity index (χ1n) is 13.1. The molecule has 0 aromatic heterocycles. The lowest BCUT2D eigenvalue weighted by molar-refractivity contribution is -0.134. The molecule has 2 nitrogen and oxygen atoms in total. The molecule has 0 radical (unpaired) electrons. The quantitative estimate of drug-likeness (QED) is 0.0726. The van der Waals surface area contributed by atoms with Gasteiger partial charge in [0.05, 0.1) is 0 Å². The van der Waals surface area contributed by atoms with Gasteiger partial charge in [-0.25, -0.2) is 0 Å². The van der Waals surface area contributed by atoms with Gasteiger partial charge in [0.25, 0.3) is 0 Å². The zero-order chi connectivity index (χ0) is 25.1. The highest BCUT2D eigenvalue weighted by atomic mass is 33.2. The summed E-state index contributed by atoms with van der Waals surface area (Å²) in [5, 5.41) is 0. The largest absolute Gasteiger partial charge is 0.426 e. The zero-order valence-corrected chi connectivity index (χ0v) is 24.2. The van der Waals surface area contributed by atoms with E-state index in [4.69, 9.17) is 4.74 Å². The van der Waals surface area contributed by atoms with Crippen LogP contribution in [0.4, 0.5) is 0 Å². The van der Waals surface area contributed by atoms with Crippen LogP contribution < -0.4 is 4.74 Å². The van der Waals surface area contributed by atoms with Gasteiger partial charge >= 0.3 is 5.97 Å². The van der Waals surface area contributed by atoms with Crippen molar-refractivity contribution in [2.75, 3.05) is 23.0 Å². The number of esters is 1. The van der Waals surface area contributed by atoms with E-state index in [9.17, 15) is 4.79 Å². The molecule has 0 fully saturated rings. The van der Waals surface area contributed by atoms with Gasteiger partial charge in [0.15, 0.2) is 0 Å². The van der Waals surface area contributed by atoms with E-state index in [-0.39, 0.29) is 5.97 Å². The maximum atomic E-state index is 12.2. The Labute approximate surface area is 222 Å². The number of fused-ring (bicyclic) bond motifs is 1. The molecular formula is C30H40O2S3. The third-order valence-electron chi connectivity index (χ3n) is 6.23. The van der Waals surface area contributed by atoms with Crippen molar-refractivity contribution in [2.24, 2.45) is 0 Å². The first-order valence-corrected chi connectivity index (χ1v) is 17.6. The van der Waals surface area contributed by atoms with E-state index >= 15 is 0 Å². The van der Waals surface area contributed by atoms with E-state index in [1.807, 2.05) is 36.0 Å². The van der Waals surface area contributed by atoms with E-state index in [0.717, 1.165) is 42.6 Å². The predicted molar refractivity (Wildman–Crippen MR) is 157 cm³/mol. The number of rotatable bonds is 11. The highest BCUT2D eigenvalue weighted by Crippen LogP contribution is 2.69. The first kappa shape index (κ1) is 28.1. The fourth-order valence-corrected chi connectivity index (χ4v) is 12.0. The number of unbranched alkanes of at least 4 members (excludes halogenated alkanes) is 3. The summed E-state index contributed by atoms with van der Waals surface area (Å²) in [6.07, 6.45) is 7.25. The Bertz CT molecular complexity index is 1050. The van der Waals surface area contributed by atoms with Gasteiger partial charge in [-0.15, -0.1) is 22.6 Å². The van der Waals surface area contributed by atoms with E-state index in [1.54, 1.807) is 10.5 Å². The molecule has 0 saturated heterocycles. The first-order chi connectivity index (χ1) is 17.0. The van der Waals surface area contributed by atoms with Crippen molar-refractivity contribution >= 4 is 37.6 Å². The van der Waals surface area contributed by atoms with E-state index in [1.165, 1.54) is 35.0 Å². The van der Waals surface area contributed by atoms with Crippen LogP contribution in [-0.4, -0.2) is 29.0 Å². The van der Waals surface area contributed by atoms with Crippen LogP contribution in [0.5, 0.6) is 5.75 Å². The summed E-state index contributed by atoms with van der Waals surface area (Å²) < 4.78 is 5.58. The number of hydrogen-bond acceptors (Lipinski definition) is 4. The Morgan fingerprint density at radius 1 is 1.03 bits per heavy atom. The zero-order valence-electron chi connectivity index (χ0n) is 21.8. The molecule has 0 amide bonds. The van der Waals surface area contributed by atoms with Crippen molar-refractivity contribution in [3.63, 3.8) is 0 Å². The van der Waals surface area contributed by atoms with Gasteiger partial charge in [-0.2, -0.15) is 9.06 Å². The van der Waals surface area contributed by atoms with E-state index in [2.05, 4.69) is 62.5 Å². The van der Waals surface area contributed by atoms with Crippen LogP contribution in [0.3, 0.4) is 0 Å². The van der Waals surface area contributed by atoms with Gasteiger partial charge in [0.2, 0.25) is 0 Å². The SMILES string of the molecule is CCCCCCC(=O)Oc1cccc(C#Cc2cc3c(cc2SCC)CCCS3(CC)SCC)c1. The second kappa shape index (κ2) is 14.3. The molecule has 0 spiro atoms. The minimum atomic E-state index is -0.832. The Kier molecular flexibility index (Phi) is 11.5. The lowest BCUT2D eigenvalue weighted by Crippen LogP contribution is -2.15. The second-order valence-corrected chi connectivity index (χ2v) is 16.6. The number of carbonyl (C=O) groups is 1. The van der Waals surface area contributed by atoms with Crippen LogP contribution in [0, 0.1) is 11.8 Å². The standard InChI is InChI=1S/C30H40O2S3/c1-5-9-10-11-17-30(31)32-27-16-12-14-24(21-27)18-19-25-23-29-26(22-28(25)33-6-2)15-13-20-35(29,8-4)34-7-3/h12,14,16,21-23H,5-11,13,15,17,20H2,1-4H3. The normalized spacial score (nSPS) is 18.6. The van der Waals surface area contributed by atoms with Crippen LogP contribution in [0.15, 0.2) is 46.2 Å². The summed E-state index contributed by atoms with van der Waals surface area (Å²) in [7, 11) is 1.35. The minimum absolute atomic E-state index is 0.158.